The van der Waals surface area contributed by atoms with E-state index in [1.54, 1.807) is 25.4 Å². The van der Waals surface area contributed by atoms with Crippen LogP contribution in [0, 0.1) is 6.92 Å². The van der Waals surface area contributed by atoms with Crippen molar-refractivity contribution in [2.45, 2.75) is 20.4 Å². The minimum absolute atomic E-state index is 0.151. The third kappa shape index (κ3) is 3.60. The maximum Gasteiger partial charge on any atom is 0.262 e. The molecule has 0 atom stereocenters. The van der Waals surface area contributed by atoms with Crippen LogP contribution in [0.25, 0.3) is 11.4 Å². The second-order valence-electron chi connectivity index (χ2n) is 5.13. The van der Waals surface area contributed by atoms with E-state index in [0.29, 0.717) is 11.4 Å². The molecule has 0 radical (unpaired) electrons. The fourth-order valence-corrected chi connectivity index (χ4v) is 2.19. The molecule has 24 heavy (non-hydrogen) atoms. The molecule has 8 heteroatoms. The van der Waals surface area contributed by atoms with Gasteiger partial charge in [0.25, 0.3) is 11.8 Å². The Kier molecular flexibility index (Phi) is 4.55. The lowest BCUT2D eigenvalue weighted by atomic mass is 10.2. The number of aryl methyl sites for hydroxylation is 2. The molecule has 8 nitrogen and oxygen atoms in total. The van der Waals surface area contributed by atoms with E-state index in [9.17, 15) is 4.79 Å². The van der Waals surface area contributed by atoms with E-state index in [0.717, 1.165) is 17.9 Å². The minimum Gasteiger partial charge on any atom is -0.465 e. The Labute approximate surface area is 138 Å². The fraction of sp³-hybridized carbons (Fsp3) is 0.250. The number of ether oxygens (including phenoxy) is 1. The number of rotatable bonds is 6. The highest BCUT2D eigenvalue weighted by Gasteiger charge is 2.09. The molecule has 2 aromatic heterocycles. The van der Waals surface area contributed by atoms with E-state index < -0.39 is 0 Å². The number of benzene rings is 1. The summed E-state index contributed by atoms with van der Waals surface area (Å²) in [5.41, 5.74) is 1.53. The summed E-state index contributed by atoms with van der Waals surface area (Å²) in [5, 5.41) is 14.5. The summed E-state index contributed by atoms with van der Waals surface area (Å²) in [6.45, 7) is 4.38. The van der Waals surface area contributed by atoms with Gasteiger partial charge in [0, 0.05) is 23.9 Å². The molecule has 0 aliphatic heterocycles. The molecule has 1 aromatic carbocycles. The molecule has 0 aliphatic rings. The molecule has 124 valence electrons. The number of anilines is 1. The van der Waals surface area contributed by atoms with Crippen molar-refractivity contribution in [3.05, 3.63) is 42.4 Å². The molecular weight excluding hydrogens is 310 g/mol. The summed E-state index contributed by atoms with van der Waals surface area (Å²) >= 11 is 0. The molecule has 3 rings (SSSR count). The molecule has 0 bridgehead atoms. The first-order valence-corrected chi connectivity index (χ1v) is 7.50. The summed E-state index contributed by atoms with van der Waals surface area (Å²) in [6, 6.07) is 9.02. The zero-order chi connectivity index (χ0) is 16.9. The summed E-state index contributed by atoms with van der Waals surface area (Å²) in [6.07, 6.45) is 1.67. The third-order valence-electron chi connectivity index (χ3n) is 3.32. The Morgan fingerprint density at radius 3 is 3.00 bits per heavy atom. The van der Waals surface area contributed by atoms with E-state index in [2.05, 4.69) is 20.7 Å². The van der Waals surface area contributed by atoms with Crippen LogP contribution in [-0.4, -0.2) is 32.4 Å². The Morgan fingerprint density at radius 2 is 2.25 bits per heavy atom. The number of carbonyl (C=O) groups is 1. The molecule has 3 aromatic rings. The highest BCUT2D eigenvalue weighted by Crippen LogP contribution is 2.20. The first-order chi connectivity index (χ1) is 11.7. The van der Waals surface area contributed by atoms with E-state index >= 15 is 0 Å². The Bertz CT molecular complexity index is 840. The predicted molar refractivity (Wildman–Crippen MR) is 86.5 cm³/mol. The molecular formula is C16H17N5O3. The second kappa shape index (κ2) is 6.95. The Balaban J connectivity index is 1.65. The van der Waals surface area contributed by atoms with Gasteiger partial charge in [-0.25, -0.2) is 0 Å². The number of hydrogen-bond donors (Lipinski definition) is 1. The van der Waals surface area contributed by atoms with Crippen LogP contribution in [0.4, 0.5) is 5.69 Å². The molecule has 0 fully saturated rings. The van der Waals surface area contributed by atoms with E-state index in [4.69, 9.17) is 9.26 Å². The quantitative estimate of drug-likeness (QED) is 0.746. The largest absolute Gasteiger partial charge is 0.465 e. The SMILES string of the molecule is CCn1cnnc1-c1cccc(NC(=O)COc2cc(C)on2)c1. The van der Waals surface area contributed by atoms with Crippen LogP contribution in [-0.2, 0) is 11.3 Å². The van der Waals surface area contributed by atoms with E-state index in [1.807, 2.05) is 29.7 Å². The summed E-state index contributed by atoms with van der Waals surface area (Å²) in [7, 11) is 0. The number of aromatic nitrogens is 4. The van der Waals surface area contributed by atoms with Crippen molar-refractivity contribution in [3.8, 4) is 17.3 Å². The zero-order valence-electron chi connectivity index (χ0n) is 13.4. The maximum absolute atomic E-state index is 12.0. The molecule has 0 saturated carbocycles. The monoisotopic (exact) mass is 327 g/mol. The number of carbonyl (C=O) groups excluding carboxylic acids is 1. The highest BCUT2D eigenvalue weighted by atomic mass is 16.5. The summed E-state index contributed by atoms with van der Waals surface area (Å²) in [5.74, 6) is 1.37. The average Bonchev–Trinajstić information content (AvgIpc) is 3.21. The van der Waals surface area contributed by atoms with Gasteiger partial charge in [0.1, 0.15) is 12.1 Å². The molecule has 1 N–H and O–H groups in total. The third-order valence-corrected chi connectivity index (χ3v) is 3.32. The average molecular weight is 327 g/mol. The zero-order valence-corrected chi connectivity index (χ0v) is 13.4. The van der Waals surface area contributed by atoms with Crippen molar-refractivity contribution >= 4 is 11.6 Å². The van der Waals surface area contributed by atoms with Gasteiger partial charge in [-0.2, -0.15) is 0 Å². The van der Waals surface area contributed by atoms with Gasteiger partial charge in [-0.3, -0.25) is 4.79 Å². The van der Waals surface area contributed by atoms with Crippen molar-refractivity contribution in [1.82, 2.24) is 19.9 Å². The van der Waals surface area contributed by atoms with Gasteiger partial charge in [-0.05, 0) is 31.1 Å². The lowest BCUT2D eigenvalue weighted by Crippen LogP contribution is -2.20. The van der Waals surface area contributed by atoms with E-state index in [1.165, 1.54) is 0 Å². The van der Waals surface area contributed by atoms with E-state index in [-0.39, 0.29) is 18.4 Å². The summed E-state index contributed by atoms with van der Waals surface area (Å²) in [4.78, 5) is 12.0. The molecule has 0 aliphatic carbocycles. The van der Waals surface area contributed by atoms with Crippen LogP contribution in [0.5, 0.6) is 5.88 Å². The van der Waals surface area contributed by atoms with Gasteiger partial charge in [0.15, 0.2) is 12.4 Å². The number of nitrogens with one attached hydrogen (secondary N) is 1. The van der Waals surface area contributed by atoms with Crippen LogP contribution in [0.1, 0.15) is 12.7 Å². The first-order valence-electron chi connectivity index (χ1n) is 7.50. The van der Waals surface area contributed by atoms with Crippen molar-refractivity contribution in [1.29, 1.82) is 0 Å². The Morgan fingerprint density at radius 1 is 1.38 bits per heavy atom. The van der Waals surface area contributed by atoms with Gasteiger partial charge in [0.05, 0.1) is 0 Å². The standard InChI is InChI=1S/C16H17N5O3/c1-3-21-10-17-19-16(21)12-5-4-6-13(8-12)18-14(22)9-23-15-7-11(2)24-20-15/h4-8,10H,3,9H2,1-2H3,(H,18,22). The van der Waals surface area contributed by atoms with Gasteiger partial charge >= 0.3 is 0 Å². The smallest absolute Gasteiger partial charge is 0.262 e. The van der Waals surface area contributed by atoms with Crippen LogP contribution >= 0.6 is 0 Å². The van der Waals surface area contributed by atoms with Gasteiger partial charge in [-0.1, -0.05) is 12.1 Å². The first kappa shape index (κ1) is 15.7. The topological polar surface area (TPSA) is 95.1 Å². The lowest BCUT2D eigenvalue weighted by molar-refractivity contribution is -0.118. The normalized spacial score (nSPS) is 10.6. The van der Waals surface area contributed by atoms with Crippen LogP contribution in [0.3, 0.4) is 0 Å². The predicted octanol–water partition coefficient (Wildman–Crippen LogP) is 2.28. The van der Waals surface area contributed by atoms with Crippen molar-refractivity contribution < 1.29 is 14.1 Å². The second-order valence-corrected chi connectivity index (χ2v) is 5.13. The van der Waals surface area contributed by atoms with Gasteiger partial charge in [0.2, 0.25) is 0 Å². The van der Waals surface area contributed by atoms with Crippen molar-refractivity contribution in [3.63, 3.8) is 0 Å². The van der Waals surface area contributed by atoms with Gasteiger partial charge < -0.3 is 19.1 Å². The fourth-order valence-electron chi connectivity index (χ4n) is 2.19. The van der Waals surface area contributed by atoms with Crippen LogP contribution < -0.4 is 10.1 Å². The molecule has 0 unspecified atom stereocenters. The minimum atomic E-state index is -0.287. The van der Waals surface area contributed by atoms with Crippen LogP contribution in [0.15, 0.2) is 41.2 Å². The summed E-state index contributed by atoms with van der Waals surface area (Å²) < 4.78 is 12.1. The Hall–Kier alpha value is -3.16. The van der Waals surface area contributed by atoms with Gasteiger partial charge in [-0.15, -0.1) is 10.2 Å². The number of hydrogen-bond acceptors (Lipinski definition) is 6. The molecule has 1 amide bonds. The highest BCUT2D eigenvalue weighted by molar-refractivity contribution is 5.92. The van der Waals surface area contributed by atoms with Crippen molar-refractivity contribution in [2.75, 3.05) is 11.9 Å². The maximum atomic E-state index is 12.0. The number of amides is 1. The molecule has 0 saturated heterocycles. The van der Waals surface area contributed by atoms with Crippen LogP contribution in [0.2, 0.25) is 0 Å². The van der Waals surface area contributed by atoms with Crippen molar-refractivity contribution in [2.24, 2.45) is 0 Å². The molecule has 2 heterocycles. The lowest BCUT2D eigenvalue weighted by Gasteiger charge is -2.08. The number of nitrogens with zero attached hydrogens (tertiary/aromatic N) is 4. The molecule has 0 spiro atoms.